The molecule has 0 aliphatic heterocycles. The number of anilines is 2. The first kappa shape index (κ1) is 34.9. The van der Waals surface area contributed by atoms with E-state index in [1.54, 1.807) is 37.4 Å². The van der Waals surface area contributed by atoms with Crippen LogP contribution in [0.2, 0.25) is 0 Å². The van der Waals surface area contributed by atoms with Crippen LogP contribution < -0.4 is 24.6 Å². The number of benzene rings is 3. The fourth-order valence-corrected chi connectivity index (χ4v) is 5.48. The van der Waals surface area contributed by atoms with E-state index in [1.807, 2.05) is 67.6 Å². The molecule has 0 unspecified atom stereocenters. The van der Waals surface area contributed by atoms with Crippen molar-refractivity contribution in [2.24, 2.45) is 0 Å². The minimum atomic E-state index is -3.72. The van der Waals surface area contributed by atoms with Crippen molar-refractivity contribution in [3.05, 3.63) is 119 Å². The first-order valence-corrected chi connectivity index (χ1v) is 16.9. The van der Waals surface area contributed by atoms with Gasteiger partial charge >= 0.3 is 0 Å². The molecule has 1 aromatic heterocycles. The van der Waals surface area contributed by atoms with Gasteiger partial charge in [-0.05, 0) is 48.7 Å². The maximum Gasteiger partial charge on any atom is 0.251 e. The number of rotatable bonds is 14. The zero-order valence-corrected chi connectivity index (χ0v) is 27.9. The van der Waals surface area contributed by atoms with E-state index >= 15 is 0 Å². The van der Waals surface area contributed by atoms with E-state index in [1.165, 1.54) is 25.2 Å². The van der Waals surface area contributed by atoms with E-state index < -0.39 is 34.0 Å². The Balaban J connectivity index is 1.63. The smallest absolute Gasteiger partial charge is 0.251 e. The lowest BCUT2D eigenvalue weighted by molar-refractivity contribution is 0.0843. The predicted octanol–water partition coefficient (Wildman–Crippen LogP) is 3.82. The Kier molecular flexibility index (Phi) is 11.6. The number of sulfonamides is 1. The highest BCUT2D eigenvalue weighted by Crippen LogP contribution is 2.23. The van der Waals surface area contributed by atoms with Crippen molar-refractivity contribution in [2.45, 2.75) is 31.5 Å². The number of hydrogen-bond donors (Lipinski definition) is 3. The molecule has 4 rings (SSSR count). The molecule has 0 saturated carbocycles. The lowest BCUT2D eigenvalue weighted by Crippen LogP contribution is -2.49. The Bertz CT molecular complexity index is 1770. The van der Waals surface area contributed by atoms with E-state index in [0.29, 0.717) is 18.0 Å². The van der Waals surface area contributed by atoms with Crippen molar-refractivity contribution < 1.29 is 27.9 Å². The Morgan fingerprint density at radius 2 is 1.49 bits per heavy atom. The highest BCUT2D eigenvalue weighted by Gasteiger charge is 2.26. The Morgan fingerprint density at radius 3 is 2.09 bits per heavy atom. The molecule has 47 heavy (non-hydrogen) atoms. The SMILES string of the molecule is COc1ccnc(N(C)C[C@@H](O)[C@H](Cc2ccccc2)NC(=O)c2cc(C(=O)N[C@H](C)c3ccccc3)cc(N(C)S(C)(=O)=O)c2)c1. The van der Waals surface area contributed by atoms with E-state index in [4.69, 9.17) is 4.74 Å². The van der Waals surface area contributed by atoms with Gasteiger partial charge in [0.05, 0.1) is 37.2 Å². The molecule has 0 bridgehead atoms. The number of nitrogens with zero attached hydrogens (tertiary/aromatic N) is 3. The summed E-state index contributed by atoms with van der Waals surface area (Å²) in [6.45, 7) is 1.96. The summed E-state index contributed by atoms with van der Waals surface area (Å²) in [5, 5.41) is 17.3. The first-order chi connectivity index (χ1) is 22.3. The number of methoxy groups -OCH3 is 1. The van der Waals surface area contributed by atoms with Crippen LogP contribution in [0.4, 0.5) is 11.5 Å². The average molecular weight is 660 g/mol. The van der Waals surface area contributed by atoms with Crippen LogP contribution in [0, 0.1) is 0 Å². The van der Waals surface area contributed by atoms with Gasteiger partial charge < -0.3 is 25.4 Å². The van der Waals surface area contributed by atoms with E-state index in [-0.39, 0.29) is 29.4 Å². The molecule has 3 N–H and O–H groups in total. The molecule has 0 saturated heterocycles. The van der Waals surface area contributed by atoms with Gasteiger partial charge in [0, 0.05) is 44.0 Å². The number of nitrogens with one attached hydrogen (secondary N) is 2. The molecule has 248 valence electrons. The van der Waals surface area contributed by atoms with Gasteiger partial charge in [0.2, 0.25) is 10.0 Å². The second-order valence-corrected chi connectivity index (χ2v) is 13.4. The van der Waals surface area contributed by atoms with Crippen LogP contribution in [-0.4, -0.2) is 76.5 Å². The van der Waals surface area contributed by atoms with Crippen LogP contribution >= 0.6 is 0 Å². The number of ether oxygens (including phenoxy) is 1. The summed E-state index contributed by atoms with van der Waals surface area (Å²) in [4.78, 5) is 33.4. The summed E-state index contributed by atoms with van der Waals surface area (Å²) in [5.41, 5.74) is 2.08. The minimum absolute atomic E-state index is 0.0589. The summed E-state index contributed by atoms with van der Waals surface area (Å²) in [6, 6.07) is 25.4. The maximum absolute atomic E-state index is 13.9. The number of carbonyl (C=O) groups is 2. The van der Waals surface area contributed by atoms with Crippen molar-refractivity contribution in [3.8, 4) is 5.75 Å². The summed E-state index contributed by atoms with van der Waals surface area (Å²) < 4.78 is 31.2. The molecule has 3 aromatic carbocycles. The molecular formula is C35H41N5O6S. The number of aliphatic hydroxyl groups excluding tert-OH is 1. The van der Waals surface area contributed by atoms with Crippen LogP contribution in [0.5, 0.6) is 5.75 Å². The number of aliphatic hydroxyl groups is 1. The largest absolute Gasteiger partial charge is 0.497 e. The van der Waals surface area contributed by atoms with E-state index in [9.17, 15) is 23.1 Å². The Morgan fingerprint density at radius 1 is 0.894 bits per heavy atom. The monoisotopic (exact) mass is 659 g/mol. The van der Waals surface area contributed by atoms with Crippen molar-refractivity contribution in [2.75, 3.05) is 43.2 Å². The second-order valence-electron chi connectivity index (χ2n) is 11.4. The van der Waals surface area contributed by atoms with Gasteiger partial charge in [-0.2, -0.15) is 0 Å². The summed E-state index contributed by atoms with van der Waals surface area (Å²) in [5.74, 6) is 0.126. The third-order valence-electron chi connectivity index (χ3n) is 7.83. The van der Waals surface area contributed by atoms with Gasteiger partial charge in [-0.25, -0.2) is 13.4 Å². The molecule has 0 spiro atoms. The number of carbonyl (C=O) groups excluding carboxylic acids is 2. The molecule has 0 radical (unpaired) electrons. The molecule has 4 aromatic rings. The highest BCUT2D eigenvalue weighted by atomic mass is 32.2. The third kappa shape index (κ3) is 9.53. The standard InChI is InChI=1S/C35H41N5O6S/c1-24(26-14-10-7-11-15-26)37-34(42)27-19-28(21-29(20-27)40(3)47(5,44)45)35(43)38-31(18-25-12-8-6-9-13-25)32(41)23-39(2)33-22-30(46-4)16-17-36-33/h6-17,19-22,24,31-32,41H,18,23H2,1-5H3,(H,37,42)(H,38,43)/t24-,31+,32-/m1/s1. The molecule has 0 aliphatic rings. The van der Waals surface area contributed by atoms with Crippen LogP contribution in [0.3, 0.4) is 0 Å². The van der Waals surface area contributed by atoms with Gasteiger partial charge in [-0.3, -0.25) is 13.9 Å². The van der Waals surface area contributed by atoms with Gasteiger partial charge in [0.25, 0.3) is 11.8 Å². The number of likely N-dealkylation sites (N-methyl/N-ethyl adjacent to an activating group) is 1. The van der Waals surface area contributed by atoms with Crippen molar-refractivity contribution >= 4 is 33.3 Å². The second kappa shape index (κ2) is 15.6. The molecule has 3 atom stereocenters. The molecule has 2 amide bonds. The van der Waals surface area contributed by atoms with Gasteiger partial charge in [-0.1, -0.05) is 60.7 Å². The quantitative estimate of drug-likeness (QED) is 0.186. The van der Waals surface area contributed by atoms with Crippen molar-refractivity contribution in [3.63, 3.8) is 0 Å². The summed E-state index contributed by atoms with van der Waals surface area (Å²) in [6.07, 6.45) is 1.90. The van der Waals surface area contributed by atoms with Crippen LogP contribution in [0.15, 0.2) is 97.2 Å². The zero-order chi connectivity index (χ0) is 34.1. The molecule has 1 heterocycles. The lowest BCUT2D eigenvalue weighted by Gasteiger charge is -2.29. The first-order valence-electron chi connectivity index (χ1n) is 15.0. The maximum atomic E-state index is 13.9. The summed E-state index contributed by atoms with van der Waals surface area (Å²) in [7, 11) is 0.965. The van der Waals surface area contributed by atoms with Gasteiger partial charge in [0.15, 0.2) is 0 Å². The van der Waals surface area contributed by atoms with Crippen LogP contribution in [-0.2, 0) is 16.4 Å². The minimum Gasteiger partial charge on any atom is -0.497 e. The number of hydrogen-bond acceptors (Lipinski definition) is 8. The molecular weight excluding hydrogens is 618 g/mol. The molecule has 11 nitrogen and oxygen atoms in total. The fraction of sp³-hybridized carbons (Fsp3) is 0.286. The number of aromatic nitrogens is 1. The van der Waals surface area contributed by atoms with Gasteiger partial charge in [-0.15, -0.1) is 0 Å². The average Bonchev–Trinajstić information content (AvgIpc) is 3.07. The van der Waals surface area contributed by atoms with Crippen LogP contribution in [0.25, 0.3) is 0 Å². The zero-order valence-electron chi connectivity index (χ0n) is 27.1. The van der Waals surface area contributed by atoms with Crippen molar-refractivity contribution in [1.29, 1.82) is 0 Å². The topological polar surface area (TPSA) is 141 Å². The number of pyridine rings is 1. The van der Waals surface area contributed by atoms with Gasteiger partial charge in [0.1, 0.15) is 11.6 Å². The van der Waals surface area contributed by atoms with E-state index in [0.717, 1.165) is 21.7 Å². The summed E-state index contributed by atoms with van der Waals surface area (Å²) >= 11 is 0. The normalized spacial score (nSPS) is 13.1. The number of amides is 2. The van der Waals surface area contributed by atoms with Crippen LogP contribution in [0.1, 0.15) is 44.8 Å². The van der Waals surface area contributed by atoms with E-state index in [2.05, 4.69) is 15.6 Å². The Labute approximate surface area is 276 Å². The highest BCUT2D eigenvalue weighted by molar-refractivity contribution is 7.92. The lowest BCUT2D eigenvalue weighted by atomic mass is 9.99. The Hall–Kier alpha value is -4.94. The third-order valence-corrected chi connectivity index (χ3v) is 9.04. The molecule has 12 heteroatoms. The molecule has 0 aliphatic carbocycles. The predicted molar refractivity (Wildman–Crippen MR) is 183 cm³/mol. The van der Waals surface area contributed by atoms with Crippen molar-refractivity contribution in [1.82, 2.24) is 15.6 Å². The fourth-order valence-electron chi connectivity index (χ4n) is 4.99. The molecule has 0 fully saturated rings.